The Kier molecular flexibility index (Phi) is 4.40. The van der Waals surface area contributed by atoms with Crippen LogP contribution in [-0.4, -0.2) is 33.6 Å². The van der Waals surface area contributed by atoms with Crippen LogP contribution in [0.2, 0.25) is 0 Å². The number of hydrogen-bond donors (Lipinski definition) is 2. The van der Waals surface area contributed by atoms with Gasteiger partial charge in [-0.05, 0) is 37.7 Å². The van der Waals surface area contributed by atoms with Crippen molar-refractivity contribution in [2.45, 2.75) is 44.6 Å². The normalized spacial score (nSPS) is 28.5. The van der Waals surface area contributed by atoms with E-state index in [0.29, 0.717) is 0 Å². The lowest BCUT2D eigenvalue weighted by Gasteiger charge is -2.35. The molecule has 1 fully saturated rings. The summed E-state index contributed by atoms with van der Waals surface area (Å²) in [6.07, 6.45) is 6.97. The second-order valence-electron chi connectivity index (χ2n) is 5.78. The van der Waals surface area contributed by atoms with Gasteiger partial charge < -0.3 is 10.4 Å². The van der Waals surface area contributed by atoms with Gasteiger partial charge in [0.2, 0.25) is 0 Å². The molecule has 1 aliphatic carbocycles. The lowest BCUT2D eigenvalue weighted by molar-refractivity contribution is -0.00585. The number of aromatic nitrogens is 2. The third-order valence-corrected chi connectivity index (χ3v) is 4.14. The lowest BCUT2D eigenvalue weighted by Crippen LogP contribution is -2.43. The Morgan fingerprint density at radius 2 is 2.22 bits per heavy atom. The van der Waals surface area contributed by atoms with Crippen molar-refractivity contribution >= 4 is 0 Å². The van der Waals surface area contributed by atoms with Gasteiger partial charge in [0, 0.05) is 38.4 Å². The molecule has 0 aromatic carbocycles. The van der Waals surface area contributed by atoms with Crippen LogP contribution >= 0.6 is 0 Å². The molecule has 2 rings (SSSR count). The molecule has 4 heteroatoms. The Labute approximate surface area is 109 Å². The third kappa shape index (κ3) is 3.56. The van der Waals surface area contributed by atoms with Crippen molar-refractivity contribution in [2.75, 3.05) is 13.1 Å². The second-order valence-corrected chi connectivity index (χ2v) is 5.78. The van der Waals surface area contributed by atoms with Crippen LogP contribution in [0.3, 0.4) is 0 Å². The first-order chi connectivity index (χ1) is 8.59. The van der Waals surface area contributed by atoms with E-state index < -0.39 is 5.60 Å². The first kappa shape index (κ1) is 13.6. The van der Waals surface area contributed by atoms with Crippen molar-refractivity contribution in [1.82, 2.24) is 15.1 Å². The van der Waals surface area contributed by atoms with Crippen molar-refractivity contribution < 1.29 is 5.11 Å². The first-order valence-corrected chi connectivity index (χ1v) is 6.99. The molecule has 0 amide bonds. The highest BCUT2D eigenvalue weighted by Gasteiger charge is 2.31. The Balaban J connectivity index is 1.67. The number of nitrogens with one attached hydrogen (secondary N) is 1. The molecular weight excluding hydrogens is 226 g/mol. The number of rotatable bonds is 5. The van der Waals surface area contributed by atoms with Crippen molar-refractivity contribution in [2.24, 2.45) is 13.0 Å². The van der Waals surface area contributed by atoms with Crippen LogP contribution in [0.25, 0.3) is 0 Å². The molecule has 18 heavy (non-hydrogen) atoms. The summed E-state index contributed by atoms with van der Waals surface area (Å²) >= 11 is 0. The van der Waals surface area contributed by atoms with Crippen molar-refractivity contribution in [1.29, 1.82) is 0 Å². The molecule has 102 valence electrons. The zero-order chi connectivity index (χ0) is 13.0. The summed E-state index contributed by atoms with van der Waals surface area (Å²) < 4.78 is 1.90. The molecule has 1 heterocycles. The standard InChI is InChI=1S/C14H25N3O/c1-12-3-7-14(18,8-4-12)11-15-9-5-13-6-10-16-17(13)2/h6,10,12,15,18H,3-5,7-9,11H2,1-2H3. The van der Waals surface area contributed by atoms with Crippen LogP contribution in [0.4, 0.5) is 0 Å². The van der Waals surface area contributed by atoms with E-state index in [-0.39, 0.29) is 0 Å². The highest BCUT2D eigenvalue weighted by Crippen LogP contribution is 2.31. The Morgan fingerprint density at radius 3 is 2.83 bits per heavy atom. The van der Waals surface area contributed by atoms with Gasteiger partial charge >= 0.3 is 0 Å². The molecule has 1 aliphatic rings. The molecule has 2 N–H and O–H groups in total. The quantitative estimate of drug-likeness (QED) is 0.780. The molecule has 0 atom stereocenters. The van der Waals surface area contributed by atoms with E-state index in [1.807, 2.05) is 24.0 Å². The highest BCUT2D eigenvalue weighted by molar-refractivity contribution is 5.00. The molecular formula is C14H25N3O. The minimum Gasteiger partial charge on any atom is -0.389 e. The maximum absolute atomic E-state index is 10.4. The number of aryl methyl sites for hydroxylation is 1. The van der Waals surface area contributed by atoms with Crippen LogP contribution in [-0.2, 0) is 13.5 Å². The summed E-state index contributed by atoms with van der Waals surface area (Å²) in [6, 6.07) is 2.04. The van der Waals surface area contributed by atoms with Crippen LogP contribution in [0.15, 0.2) is 12.3 Å². The van der Waals surface area contributed by atoms with Gasteiger partial charge in [-0.15, -0.1) is 0 Å². The molecule has 1 aromatic rings. The molecule has 0 radical (unpaired) electrons. The van der Waals surface area contributed by atoms with E-state index in [4.69, 9.17) is 0 Å². The van der Waals surface area contributed by atoms with Crippen molar-refractivity contribution in [3.63, 3.8) is 0 Å². The number of nitrogens with zero attached hydrogens (tertiary/aromatic N) is 2. The molecule has 0 unspecified atom stereocenters. The summed E-state index contributed by atoms with van der Waals surface area (Å²) in [6.45, 7) is 3.89. The maximum atomic E-state index is 10.4. The molecule has 0 bridgehead atoms. The largest absolute Gasteiger partial charge is 0.389 e. The summed E-state index contributed by atoms with van der Waals surface area (Å²) in [5, 5.41) is 18.0. The fourth-order valence-electron chi connectivity index (χ4n) is 2.66. The van der Waals surface area contributed by atoms with E-state index in [1.54, 1.807) is 0 Å². The molecule has 0 aliphatic heterocycles. The van der Waals surface area contributed by atoms with Crippen molar-refractivity contribution in [3.05, 3.63) is 18.0 Å². The molecule has 0 spiro atoms. The monoisotopic (exact) mass is 251 g/mol. The van der Waals surface area contributed by atoms with Gasteiger partial charge in [-0.3, -0.25) is 4.68 Å². The fourth-order valence-corrected chi connectivity index (χ4v) is 2.66. The van der Waals surface area contributed by atoms with Gasteiger partial charge in [-0.1, -0.05) is 6.92 Å². The molecule has 4 nitrogen and oxygen atoms in total. The smallest absolute Gasteiger partial charge is 0.0771 e. The Morgan fingerprint density at radius 1 is 1.50 bits per heavy atom. The van der Waals surface area contributed by atoms with Crippen LogP contribution < -0.4 is 5.32 Å². The Hall–Kier alpha value is -0.870. The minimum absolute atomic E-state index is 0.473. The molecule has 1 saturated carbocycles. The van der Waals surface area contributed by atoms with E-state index in [1.165, 1.54) is 5.69 Å². The van der Waals surface area contributed by atoms with Crippen LogP contribution in [0.1, 0.15) is 38.3 Å². The van der Waals surface area contributed by atoms with E-state index in [0.717, 1.165) is 51.1 Å². The third-order valence-electron chi connectivity index (χ3n) is 4.14. The van der Waals surface area contributed by atoms with Crippen LogP contribution in [0.5, 0.6) is 0 Å². The first-order valence-electron chi connectivity index (χ1n) is 6.99. The SMILES string of the molecule is CC1CCC(O)(CNCCc2ccnn2C)CC1. The predicted octanol–water partition coefficient (Wildman–Crippen LogP) is 1.49. The average molecular weight is 251 g/mol. The second kappa shape index (κ2) is 5.85. The van der Waals surface area contributed by atoms with Gasteiger partial charge in [0.05, 0.1) is 5.60 Å². The number of hydrogen-bond acceptors (Lipinski definition) is 3. The van der Waals surface area contributed by atoms with Gasteiger partial charge in [0.1, 0.15) is 0 Å². The molecule has 0 saturated heterocycles. The summed E-state index contributed by atoms with van der Waals surface area (Å²) in [7, 11) is 1.96. The van der Waals surface area contributed by atoms with Gasteiger partial charge in [0.25, 0.3) is 0 Å². The zero-order valence-electron chi connectivity index (χ0n) is 11.5. The summed E-state index contributed by atoms with van der Waals surface area (Å²) in [5.74, 6) is 0.778. The predicted molar refractivity (Wildman–Crippen MR) is 72.4 cm³/mol. The topological polar surface area (TPSA) is 50.1 Å². The van der Waals surface area contributed by atoms with Crippen LogP contribution in [0, 0.1) is 5.92 Å². The summed E-state index contributed by atoms with van der Waals surface area (Å²) in [5.41, 5.74) is 0.755. The van der Waals surface area contributed by atoms with E-state index >= 15 is 0 Å². The lowest BCUT2D eigenvalue weighted by atomic mass is 9.79. The van der Waals surface area contributed by atoms with Gasteiger partial charge in [-0.2, -0.15) is 5.10 Å². The molecule has 1 aromatic heterocycles. The Bertz CT molecular complexity index is 367. The number of aliphatic hydroxyl groups is 1. The van der Waals surface area contributed by atoms with E-state index in [9.17, 15) is 5.11 Å². The maximum Gasteiger partial charge on any atom is 0.0771 e. The minimum atomic E-state index is -0.473. The van der Waals surface area contributed by atoms with Gasteiger partial charge in [0.15, 0.2) is 0 Å². The fraction of sp³-hybridized carbons (Fsp3) is 0.786. The zero-order valence-corrected chi connectivity index (χ0v) is 11.5. The highest BCUT2D eigenvalue weighted by atomic mass is 16.3. The van der Waals surface area contributed by atoms with Gasteiger partial charge in [-0.25, -0.2) is 0 Å². The van der Waals surface area contributed by atoms with E-state index in [2.05, 4.69) is 17.3 Å². The average Bonchev–Trinajstić information content (AvgIpc) is 2.75. The van der Waals surface area contributed by atoms with Crippen molar-refractivity contribution in [3.8, 4) is 0 Å². The summed E-state index contributed by atoms with van der Waals surface area (Å²) in [4.78, 5) is 0.